The van der Waals surface area contributed by atoms with Crippen LogP contribution in [-0.2, 0) is 9.53 Å². The van der Waals surface area contributed by atoms with E-state index in [2.05, 4.69) is 20.8 Å². The molecule has 0 aromatic rings. The summed E-state index contributed by atoms with van der Waals surface area (Å²) >= 11 is 0. The maximum Gasteiger partial charge on any atom is 0.309 e. The summed E-state index contributed by atoms with van der Waals surface area (Å²) in [5.74, 6) is 0.698. The highest BCUT2D eigenvalue weighted by Crippen LogP contribution is 2.40. The van der Waals surface area contributed by atoms with Crippen LogP contribution in [-0.4, -0.2) is 18.1 Å². The van der Waals surface area contributed by atoms with Crippen molar-refractivity contribution in [2.75, 3.05) is 0 Å². The van der Waals surface area contributed by atoms with Gasteiger partial charge in [-0.05, 0) is 49.9 Å². The first-order valence-electron chi connectivity index (χ1n) is 7.82. The molecule has 2 fully saturated rings. The summed E-state index contributed by atoms with van der Waals surface area (Å²) in [6.45, 7) is 6.82. The SMILES string of the molecule is CC1CC(OC(=O)C2CCCC(N)C2)CC(C)(C)C1. The van der Waals surface area contributed by atoms with Crippen LogP contribution in [0.2, 0.25) is 0 Å². The molecule has 0 aromatic carbocycles. The number of carbonyl (C=O) groups excluding carboxylic acids is 1. The number of nitrogens with two attached hydrogens (primary N) is 1. The van der Waals surface area contributed by atoms with Gasteiger partial charge in [0, 0.05) is 6.04 Å². The minimum atomic E-state index is 0.00468. The molecule has 0 heterocycles. The molecule has 2 rings (SSSR count). The smallest absolute Gasteiger partial charge is 0.309 e. The molecule has 0 aliphatic heterocycles. The van der Waals surface area contributed by atoms with Crippen molar-refractivity contribution in [3.63, 3.8) is 0 Å². The normalized spacial score (nSPS) is 38.7. The lowest BCUT2D eigenvalue weighted by molar-refractivity contribution is -0.159. The fourth-order valence-corrected chi connectivity index (χ4v) is 4.05. The molecule has 4 unspecified atom stereocenters. The van der Waals surface area contributed by atoms with Crippen LogP contribution in [0.4, 0.5) is 0 Å². The summed E-state index contributed by atoms with van der Waals surface area (Å²) in [4.78, 5) is 12.3. The van der Waals surface area contributed by atoms with Crippen molar-refractivity contribution in [2.45, 2.75) is 77.9 Å². The van der Waals surface area contributed by atoms with Crippen LogP contribution in [0.5, 0.6) is 0 Å². The number of hydrogen-bond acceptors (Lipinski definition) is 3. The molecule has 0 aromatic heterocycles. The monoisotopic (exact) mass is 267 g/mol. The van der Waals surface area contributed by atoms with E-state index in [0.717, 1.165) is 38.5 Å². The molecule has 2 saturated carbocycles. The van der Waals surface area contributed by atoms with Crippen molar-refractivity contribution in [1.29, 1.82) is 0 Å². The van der Waals surface area contributed by atoms with Crippen molar-refractivity contribution in [3.05, 3.63) is 0 Å². The van der Waals surface area contributed by atoms with Crippen molar-refractivity contribution >= 4 is 5.97 Å². The molecule has 110 valence electrons. The molecule has 0 radical (unpaired) electrons. The molecule has 2 aliphatic carbocycles. The van der Waals surface area contributed by atoms with Gasteiger partial charge in [-0.15, -0.1) is 0 Å². The van der Waals surface area contributed by atoms with Crippen LogP contribution in [0.1, 0.15) is 65.7 Å². The molecule has 3 nitrogen and oxygen atoms in total. The Hall–Kier alpha value is -0.570. The second kappa shape index (κ2) is 5.82. The number of carbonyl (C=O) groups is 1. The Kier molecular flexibility index (Phi) is 4.54. The van der Waals surface area contributed by atoms with Gasteiger partial charge in [0.15, 0.2) is 0 Å². The summed E-state index contributed by atoms with van der Waals surface area (Å²) in [6.07, 6.45) is 7.25. The van der Waals surface area contributed by atoms with Crippen molar-refractivity contribution in [3.8, 4) is 0 Å². The van der Waals surface area contributed by atoms with Gasteiger partial charge in [0.1, 0.15) is 6.10 Å². The van der Waals surface area contributed by atoms with E-state index in [1.165, 1.54) is 6.42 Å². The third-order valence-electron chi connectivity index (χ3n) is 4.68. The number of hydrogen-bond donors (Lipinski definition) is 1. The van der Waals surface area contributed by atoms with E-state index < -0.39 is 0 Å². The topological polar surface area (TPSA) is 52.3 Å². The van der Waals surface area contributed by atoms with Gasteiger partial charge in [-0.1, -0.05) is 27.2 Å². The van der Waals surface area contributed by atoms with Gasteiger partial charge in [0.2, 0.25) is 0 Å². The summed E-state index contributed by atoms with van der Waals surface area (Å²) in [6, 6.07) is 0.188. The van der Waals surface area contributed by atoms with E-state index >= 15 is 0 Å². The zero-order chi connectivity index (χ0) is 14.0. The first kappa shape index (κ1) is 14.8. The Bertz CT molecular complexity index is 327. The predicted molar refractivity (Wildman–Crippen MR) is 76.6 cm³/mol. The van der Waals surface area contributed by atoms with E-state index in [9.17, 15) is 4.79 Å². The van der Waals surface area contributed by atoms with Crippen LogP contribution < -0.4 is 5.73 Å². The van der Waals surface area contributed by atoms with Gasteiger partial charge in [-0.25, -0.2) is 0 Å². The highest BCUT2D eigenvalue weighted by atomic mass is 16.5. The predicted octanol–water partition coefficient (Wildman–Crippen LogP) is 3.26. The molecular weight excluding hydrogens is 238 g/mol. The molecule has 4 atom stereocenters. The summed E-state index contributed by atoms with van der Waals surface area (Å²) in [5, 5.41) is 0. The van der Waals surface area contributed by atoms with Crippen molar-refractivity contribution in [2.24, 2.45) is 23.0 Å². The minimum Gasteiger partial charge on any atom is -0.462 e. The molecule has 0 bridgehead atoms. The first-order chi connectivity index (χ1) is 8.85. The van der Waals surface area contributed by atoms with Gasteiger partial charge >= 0.3 is 5.97 Å². The van der Waals surface area contributed by atoms with Gasteiger partial charge in [0.05, 0.1) is 5.92 Å². The average Bonchev–Trinajstić information content (AvgIpc) is 2.25. The van der Waals surface area contributed by atoms with Crippen LogP contribution in [0.3, 0.4) is 0 Å². The standard InChI is InChI=1S/C16H29NO2/c1-11-7-14(10-16(2,3)9-11)19-15(18)12-5-4-6-13(17)8-12/h11-14H,4-10,17H2,1-3H3. The van der Waals surface area contributed by atoms with E-state index in [4.69, 9.17) is 10.5 Å². The summed E-state index contributed by atoms with van der Waals surface area (Å²) in [5.41, 5.74) is 6.25. The van der Waals surface area contributed by atoms with Crippen molar-refractivity contribution in [1.82, 2.24) is 0 Å². The first-order valence-corrected chi connectivity index (χ1v) is 7.82. The molecular formula is C16H29NO2. The Balaban J connectivity index is 1.87. The fraction of sp³-hybridized carbons (Fsp3) is 0.938. The molecule has 2 N–H and O–H groups in total. The second-order valence-electron chi connectivity index (χ2n) is 7.60. The Morgan fingerprint density at radius 1 is 1.21 bits per heavy atom. The Morgan fingerprint density at radius 3 is 2.58 bits per heavy atom. The Morgan fingerprint density at radius 2 is 1.95 bits per heavy atom. The fourth-order valence-electron chi connectivity index (χ4n) is 4.05. The lowest BCUT2D eigenvalue weighted by Crippen LogP contribution is -2.37. The maximum atomic E-state index is 12.3. The van der Waals surface area contributed by atoms with Crippen LogP contribution in [0.25, 0.3) is 0 Å². The van der Waals surface area contributed by atoms with Crippen LogP contribution in [0.15, 0.2) is 0 Å². The van der Waals surface area contributed by atoms with Gasteiger partial charge < -0.3 is 10.5 Å². The zero-order valence-electron chi connectivity index (χ0n) is 12.7. The Labute approximate surface area is 117 Å². The van der Waals surface area contributed by atoms with Gasteiger partial charge in [0.25, 0.3) is 0 Å². The quantitative estimate of drug-likeness (QED) is 0.781. The zero-order valence-corrected chi connectivity index (χ0v) is 12.7. The number of ether oxygens (including phenoxy) is 1. The van der Waals surface area contributed by atoms with Gasteiger partial charge in [-0.2, -0.15) is 0 Å². The summed E-state index contributed by atoms with van der Waals surface area (Å²) in [7, 11) is 0. The lowest BCUT2D eigenvalue weighted by Gasteiger charge is -2.39. The molecule has 2 aliphatic rings. The number of esters is 1. The molecule has 0 spiro atoms. The largest absolute Gasteiger partial charge is 0.462 e. The highest BCUT2D eigenvalue weighted by Gasteiger charge is 2.35. The third-order valence-corrected chi connectivity index (χ3v) is 4.68. The van der Waals surface area contributed by atoms with E-state index in [1.807, 2.05) is 0 Å². The van der Waals surface area contributed by atoms with E-state index in [1.54, 1.807) is 0 Å². The average molecular weight is 267 g/mol. The third kappa shape index (κ3) is 4.20. The highest BCUT2D eigenvalue weighted by molar-refractivity contribution is 5.72. The second-order valence-corrected chi connectivity index (χ2v) is 7.60. The minimum absolute atomic E-state index is 0.00468. The number of rotatable bonds is 2. The van der Waals surface area contributed by atoms with E-state index in [0.29, 0.717) is 11.3 Å². The summed E-state index contributed by atoms with van der Waals surface area (Å²) < 4.78 is 5.79. The van der Waals surface area contributed by atoms with Crippen LogP contribution in [0, 0.1) is 17.3 Å². The van der Waals surface area contributed by atoms with Gasteiger partial charge in [-0.3, -0.25) is 4.79 Å². The molecule has 0 amide bonds. The lowest BCUT2D eigenvalue weighted by atomic mass is 9.71. The van der Waals surface area contributed by atoms with Crippen LogP contribution >= 0.6 is 0 Å². The maximum absolute atomic E-state index is 12.3. The van der Waals surface area contributed by atoms with Crippen molar-refractivity contribution < 1.29 is 9.53 Å². The molecule has 0 saturated heterocycles. The molecule has 19 heavy (non-hydrogen) atoms. The molecule has 3 heteroatoms. The van der Waals surface area contributed by atoms with E-state index in [-0.39, 0.29) is 24.0 Å².